The molecule has 0 fully saturated rings. The average molecular weight is 320 g/mol. The Kier molecular flexibility index (Phi) is 8.16. The molecule has 1 aromatic carbocycles. The highest BCUT2D eigenvalue weighted by molar-refractivity contribution is 6.39. The van der Waals surface area contributed by atoms with Crippen LogP contribution in [0.2, 0.25) is 0 Å². The predicted molar refractivity (Wildman–Crippen MR) is 92.8 cm³/mol. The van der Waals surface area contributed by atoms with Crippen LogP contribution in [-0.2, 0) is 9.59 Å². The van der Waals surface area contributed by atoms with Gasteiger partial charge in [0.1, 0.15) is 5.75 Å². The van der Waals surface area contributed by atoms with Crippen LogP contribution in [-0.4, -0.2) is 36.9 Å². The largest absolute Gasteiger partial charge is 0.495 e. The molecule has 0 heterocycles. The van der Waals surface area contributed by atoms with Crippen molar-refractivity contribution in [3.63, 3.8) is 0 Å². The maximum Gasteiger partial charge on any atom is 0.314 e. The van der Waals surface area contributed by atoms with Gasteiger partial charge >= 0.3 is 11.8 Å². The third-order valence-corrected chi connectivity index (χ3v) is 3.65. The van der Waals surface area contributed by atoms with Gasteiger partial charge in [0.2, 0.25) is 0 Å². The lowest BCUT2D eigenvalue weighted by molar-refractivity contribution is -0.143. The van der Waals surface area contributed by atoms with E-state index in [1.165, 1.54) is 7.11 Å². The molecule has 1 aromatic rings. The van der Waals surface area contributed by atoms with Crippen LogP contribution in [0.5, 0.6) is 5.75 Å². The minimum atomic E-state index is -0.610. The zero-order valence-electron chi connectivity index (χ0n) is 14.6. The quantitative estimate of drug-likeness (QED) is 0.747. The van der Waals surface area contributed by atoms with Crippen LogP contribution in [0.1, 0.15) is 45.1 Å². The van der Waals surface area contributed by atoms with Crippen molar-refractivity contribution in [1.29, 1.82) is 0 Å². The van der Waals surface area contributed by atoms with Crippen molar-refractivity contribution in [2.75, 3.05) is 25.5 Å². The second kappa shape index (κ2) is 9.87. The monoisotopic (exact) mass is 320 g/mol. The molecule has 0 radical (unpaired) electrons. The molecule has 0 saturated heterocycles. The van der Waals surface area contributed by atoms with Crippen molar-refractivity contribution < 1.29 is 14.3 Å². The molecule has 0 bridgehead atoms. The number of benzene rings is 1. The van der Waals surface area contributed by atoms with E-state index >= 15 is 0 Å². The summed E-state index contributed by atoms with van der Waals surface area (Å²) in [4.78, 5) is 26.4. The molecule has 2 amide bonds. The number of rotatable bonds is 8. The smallest absolute Gasteiger partial charge is 0.314 e. The summed E-state index contributed by atoms with van der Waals surface area (Å²) in [5, 5.41) is 2.68. The third kappa shape index (κ3) is 5.93. The Balaban J connectivity index is 2.81. The lowest BCUT2D eigenvalue weighted by Crippen LogP contribution is -2.40. The molecule has 23 heavy (non-hydrogen) atoms. The fraction of sp³-hybridized carbons (Fsp3) is 0.556. The lowest BCUT2D eigenvalue weighted by Gasteiger charge is -2.22. The summed E-state index contributed by atoms with van der Waals surface area (Å²) < 4.78 is 5.23. The standard InChI is InChI=1S/C18H28N2O3/c1-5-7-11-20(12-8-6-2)18(22)17(21)19-15-13-14(3)9-10-16(15)23-4/h9-10,13H,5-8,11-12H2,1-4H3,(H,19,21). The second-order valence-electron chi connectivity index (χ2n) is 5.66. The van der Waals surface area contributed by atoms with Crippen LogP contribution >= 0.6 is 0 Å². The predicted octanol–water partition coefficient (Wildman–Crippen LogP) is 3.37. The Bertz CT molecular complexity index is 521. The highest BCUT2D eigenvalue weighted by Crippen LogP contribution is 2.25. The van der Waals surface area contributed by atoms with Crippen molar-refractivity contribution in [1.82, 2.24) is 4.90 Å². The Labute approximate surface area is 139 Å². The van der Waals surface area contributed by atoms with Gasteiger partial charge in [0.05, 0.1) is 12.8 Å². The van der Waals surface area contributed by atoms with Crippen LogP contribution in [0.15, 0.2) is 18.2 Å². The SMILES string of the molecule is CCCCN(CCCC)C(=O)C(=O)Nc1cc(C)ccc1OC. The minimum absolute atomic E-state index is 0.476. The number of nitrogens with zero attached hydrogens (tertiary/aromatic N) is 1. The van der Waals surface area contributed by atoms with E-state index in [1.54, 1.807) is 17.0 Å². The fourth-order valence-electron chi connectivity index (χ4n) is 2.25. The van der Waals surface area contributed by atoms with Crippen LogP contribution < -0.4 is 10.1 Å². The second-order valence-corrected chi connectivity index (χ2v) is 5.66. The number of aryl methyl sites for hydroxylation is 1. The van der Waals surface area contributed by atoms with E-state index in [-0.39, 0.29) is 0 Å². The van der Waals surface area contributed by atoms with E-state index in [0.29, 0.717) is 24.5 Å². The molecule has 0 aliphatic heterocycles. The summed E-state index contributed by atoms with van der Waals surface area (Å²) in [7, 11) is 1.54. The number of methoxy groups -OCH3 is 1. The van der Waals surface area contributed by atoms with Gasteiger partial charge in [-0.3, -0.25) is 9.59 Å². The van der Waals surface area contributed by atoms with E-state index in [1.807, 2.05) is 13.0 Å². The minimum Gasteiger partial charge on any atom is -0.495 e. The van der Waals surface area contributed by atoms with Gasteiger partial charge in [0.15, 0.2) is 0 Å². The number of unbranched alkanes of at least 4 members (excludes halogenated alkanes) is 2. The Morgan fingerprint density at radius 2 is 1.74 bits per heavy atom. The summed E-state index contributed by atoms with van der Waals surface area (Å²) in [6.45, 7) is 7.30. The Hall–Kier alpha value is -2.04. The van der Waals surface area contributed by atoms with Crippen molar-refractivity contribution in [3.8, 4) is 5.75 Å². The zero-order chi connectivity index (χ0) is 17.2. The zero-order valence-corrected chi connectivity index (χ0v) is 14.6. The topological polar surface area (TPSA) is 58.6 Å². The number of hydrogen-bond acceptors (Lipinski definition) is 3. The molecule has 1 rings (SSSR count). The number of carbonyl (C=O) groups excluding carboxylic acids is 2. The molecule has 0 aromatic heterocycles. The van der Waals surface area contributed by atoms with E-state index in [0.717, 1.165) is 31.2 Å². The Morgan fingerprint density at radius 1 is 1.13 bits per heavy atom. The van der Waals surface area contributed by atoms with Crippen LogP contribution in [0.4, 0.5) is 5.69 Å². The lowest BCUT2D eigenvalue weighted by atomic mass is 10.2. The summed E-state index contributed by atoms with van der Waals surface area (Å²) >= 11 is 0. The molecule has 5 heteroatoms. The molecule has 0 unspecified atom stereocenters. The highest BCUT2D eigenvalue weighted by Gasteiger charge is 2.22. The average Bonchev–Trinajstić information content (AvgIpc) is 2.54. The Morgan fingerprint density at radius 3 is 2.26 bits per heavy atom. The third-order valence-electron chi connectivity index (χ3n) is 3.65. The van der Waals surface area contributed by atoms with Gasteiger partial charge in [-0.2, -0.15) is 0 Å². The van der Waals surface area contributed by atoms with Crippen molar-refractivity contribution in [2.45, 2.75) is 46.5 Å². The van der Waals surface area contributed by atoms with Gasteiger partial charge in [-0.05, 0) is 37.5 Å². The molecule has 128 valence electrons. The van der Waals surface area contributed by atoms with Gasteiger partial charge in [-0.25, -0.2) is 0 Å². The summed E-state index contributed by atoms with van der Waals surface area (Å²) in [6, 6.07) is 5.47. The van der Waals surface area contributed by atoms with Gasteiger partial charge < -0.3 is 15.0 Å². The van der Waals surface area contributed by atoms with Gasteiger partial charge in [0.25, 0.3) is 0 Å². The van der Waals surface area contributed by atoms with E-state index in [9.17, 15) is 9.59 Å². The molecule has 0 saturated carbocycles. The number of amides is 2. The van der Waals surface area contributed by atoms with E-state index in [4.69, 9.17) is 4.74 Å². The number of nitrogens with one attached hydrogen (secondary N) is 1. The molecule has 0 atom stereocenters. The van der Waals surface area contributed by atoms with Crippen molar-refractivity contribution in [3.05, 3.63) is 23.8 Å². The summed E-state index contributed by atoms with van der Waals surface area (Å²) in [5.41, 5.74) is 1.51. The molecule has 5 nitrogen and oxygen atoms in total. The number of anilines is 1. The fourth-order valence-corrected chi connectivity index (χ4v) is 2.25. The first-order valence-electron chi connectivity index (χ1n) is 8.28. The number of hydrogen-bond donors (Lipinski definition) is 1. The molecule has 0 aliphatic carbocycles. The van der Waals surface area contributed by atoms with E-state index < -0.39 is 11.8 Å². The first-order chi connectivity index (χ1) is 11.0. The van der Waals surface area contributed by atoms with Crippen molar-refractivity contribution >= 4 is 17.5 Å². The normalized spacial score (nSPS) is 10.3. The number of ether oxygens (including phenoxy) is 1. The number of carbonyl (C=O) groups is 2. The van der Waals surface area contributed by atoms with E-state index in [2.05, 4.69) is 19.2 Å². The highest BCUT2D eigenvalue weighted by atomic mass is 16.5. The summed E-state index contributed by atoms with van der Waals surface area (Å²) in [6.07, 6.45) is 3.78. The summed E-state index contributed by atoms with van der Waals surface area (Å²) in [5.74, 6) is -0.540. The van der Waals surface area contributed by atoms with Gasteiger partial charge in [-0.15, -0.1) is 0 Å². The van der Waals surface area contributed by atoms with Crippen LogP contribution in [0, 0.1) is 6.92 Å². The molecular weight excluding hydrogens is 292 g/mol. The van der Waals surface area contributed by atoms with Crippen LogP contribution in [0.3, 0.4) is 0 Å². The molecule has 1 N–H and O–H groups in total. The van der Waals surface area contributed by atoms with Gasteiger partial charge in [0, 0.05) is 13.1 Å². The maximum absolute atomic E-state index is 12.4. The molecular formula is C18H28N2O3. The molecule has 0 spiro atoms. The van der Waals surface area contributed by atoms with Crippen molar-refractivity contribution in [2.24, 2.45) is 0 Å². The maximum atomic E-state index is 12.4. The van der Waals surface area contributed by atoms with Crippen LogP contribution in [0.25, 0.3) is 0 Å². The van der Waals surface area contributed by atoms with Gasteiger partial charge in [-0.1, -0.05) is 32.8 Å². The first kappa shape index (κ1) is 19.0. The first-order valence-corrected chi connectivity index (χ1v) is 8.28. The molecule has 0 aliphatic rings.